The topological polar surface area (TPSA) is 53.0 Å². The maximum Gasteiger partial charge on any atom is 0.319 e. The minimum atomic E-state index is 0.0274. The molecule has 0 aliphatic carbocycles. The zero-order valence-electron chi connectivity index (χ0n) is 14.9. The quantitative estimate of drug-likeness (QED) is 0.501. The molecule has 0 rings (SSSR count). The van der Waals surface area contributed by atoms with Gasteiger partial charge in [-0.25, -0.2) is 4.79 Å². The molecule has 0 spiro atoms. The van der Waals surface area contributed by atoms with E-state index in [9.17, 15) is 4.79 Å². The second-order valence-electron chi connectivity index (χ2n) is 5.97. The Morgan fingerprint density at radius 1 is 0.909 bits per heavy atom. The van der Waals surface area contributed by atoms with E-state index in [0.717, 1.165) is 13.0 Å². The predicted octanol–water partition coefficient (Wildman–Crippen LogP) is 3.12. The van der Waals surface area contributed by atoms with Crippen LogP contribution in [0.4, 0.5) is 4.79 Å². The number of carbonyl (C=O) groups excluding carboxylic acids is 1. The SMILES string of the molecule is CCCCCCCCCCN(CCOCCO)C(=O)N(C)C. The third-order valence-corrected chi connectivity index (χ3v) is 3.68. The number of unbranched alkanes of at least 4 members (excludes halogenated alkanes) is 7. The maximum absolute atomic E-state index is 12.1. The average molecular weight is 316 g/mol. The Balaban J connectivity index is 3.80. The molecule has 0 unspecified atom stereocenters. The molecule has 0 fully saturated rings. The first-order chi connectivity index (χ1) is 10.6. The Kier molecular flexibility index (Phi) is 14.5. The van der Waals surface area contributed by atoms with Gasteiger partial charge in [-0.05, 0) is 6.42 Å². The second kappa shape index (κ2) is 15.1. The lowest BCUT2D eigenvalue weighted by molar-refractivity contribution is 0.0753. The van der Waals surface area contributed by atoms with Gasteiger partial charge in [0.15, 0.2) is 0 Å². The summed E-state index contributed by atoms with van der Waals surface area (Å²) in [5.41, 5.74) is 0. The van der Waals surface area contributed by atoms with Crippen molar-refractivity contribution < 1.29 is 14.6 Å². The van der Waals surface area contributed by atoms with Crippen LogP contribution < -0.4 is 0 Å². The van der Waals surface area contributed by atoms with Crippen molar-refractivity contribution in [2.75, 3.05) is 47.0 Å². The van der Waals surface area contributed by atoms with E-state index >= 15 is 0 Å². The van der Waals surface area contributed by atoms with E-state index in [-0.39, 0.29) is 12.6 Å². The third kappa shape index (κ3) is 11.8. The first kappa shape index (κ1) is 21.2. The molecule has 0 bridgehead atoms. The fourth-order valence-corrected chi connectivity index (χ4v) is 2.36. The van der Waals surface area contributed by atoms with Gasteiger partial charge < -0.3 is 19.6 Å². The van der Waals surface area contributed by atoms with Crippen molar-refractivity contribution >= 4 is 6.03 Å². The monoisotopic (exact) mass is 316 g/mol. The van der Waals surface area contributed by atoms with Crippen molar-refractivity contribution in [3.8, 4) is 0 Å². The molecule has 5 nitrogen and oxygen atoms in total. The molecule has 0 aromatic rings. The molecule has 0 aliphatic heterocycles. The van der Waals surface area contributed by atoms with E-state index in [1.54, 1.807) is 19.0 Å². The second-order valence-corrected chi connectivity index (χ2v) is 5.97. The van der Waals surface area contributed by atoms with Gasteiger partial charge in [-0.15, -0.1) is 0 Å². The molecule has 0 heterocycles. The van der Waals surface area contributed by atoms with Gasteiger partial charge in [0.2, 0.25) is 0 Å². The summed E-state index contributed by atoms with van der Waals surface area (Å²) in [6.07, 6.45) is 10.1. The zero-order chi connectivity index (χ0) is 16.6. The molecule has 5 heteroatoms. The van der Waals surface area contributed by atoms with Crippen molar-refractivity contribution in [2.45, 2.75) is 58.3 Å². The van der Waals surface area contributed by atoms with Gasteiger partial charge in [0.05, 0.1) is 19.8 Å². The zero-order valence-corrected chi connectivity index (χ0v) is 14.9. The Morgan fingerprint density at radius 2 is 1.50 bits per heavy atom. The smallest absolute Gasteiger partial charge is 0.319 e. The predicted molar refractivity (Wildman–Crippen MR) is 91.2 cm³/mol. The van der Waals surface area contributed by atoms with Gasteiger partial charge in [0.25, 0.3) is 0 Å². The molecule has 132 valence electrons. The van der Waals surface area contributed by atoms with E-state index in [4.69, 9.17) is 9.84 Å². The molecule has 0 aromatic heterocycles. The van der Waals surface area contributed by atoms with Crippen LogP contribution in [0, 0.1) is 0 Å². The number of aliphatic hydroxyl groups excluding tert-OH is 1. The number of hydrogen-bond acceptors (Lipinski definition) is 3. The number of urea groups is 1. The average Bonchev–Trinajstić information content (AvgIpc) is 2.51. The number of amides is 2. The van der Waals surface area contributed by atoms with Crippen LogP contribution in [0.15, 0.2) is 0 Å². The summed E-state index contributed by atoms with van der Waals surface area (Å²) < 4.78 is 5.26. The van der Waals surface area contributed by atoms with E-state index in [2.05, 4.69) is 6.92 Å². The number of nitrogens with zero attached hydrogens (tertiary/aromatic N) is 2. The van der Waals surface area contributed by atoms with E-state index in [0.29, 0.717) is 19.8 Å². The molecule has 22 heavy (non-hydrogen) atoms. The Morgan fingerprint density at radius 3 is 2.05 bits per heavy atom. The number of ether oxygens (including phenoxy) is 1. The lowest BCUT2D eigenvalue weighted by Gasteiger charge is -2.26. The number of rotatable bonds is 14. The van der Waals surface area contributed by atoms with Crippen molar-refractivity contribution in [1.82, 2.24) is 9.80 Å². The van der Waals surface area contributed by atoms with Crippen LogP contribution in [-0.2, 0) is 4.74 Å². The summed E-state index contributed by atoms with van der Waals surface area (Å²) in [6.45, 7) is 4.46. The summed E-state index contributed by atoms with van der Waals surface area (Å²) in [5.74, 6) is 0. The molecular formula is C17H36N2O3. The molecule has 0 aliphatic rings. The highest BCUT2D eigenvalue weighted by molar-refractivity contribution is 5.73. The number of hydrogen-bond donors (Lipinski definition) is 1. The summed E-state index contributed by atoms with van der Waals surface area (Å²) in [5, 5.41) is 8.69. The van der Waals surface area contributed by atoms with Gasteiger partial charge in [-0.1, -0.05) is 51.9 Å². The van der Waals surface area contributed by atoms with Crippen molar-refractivity contribution in [1.29, 1.82) is 0 Å². The summed E-state index contributed by atoms with van der Waals surface area (Å²) in [7, 11) is 3.55. The Labute approximate surface area is 136 Å². The van der Waals surface area contributed by atoms with Crippen molar-refractivity contribution in [3.05, 3.63) is 0 Å². The highest BCUT2D eigenvalue weighted by Gasteiger charge is 2.14. The fourth-order valence-electron chi connectivity index (χ4n) is 2.36. The molecular weight excluding hydrogens is 280 g/mol. The van der Waals surface area contributed by atoms with Crippen molar-refractivity contribution in [2.24, 2.45) is 0 Å². The molecule has 0 radical (unpaired) electrons. The van der Waals surface area contributed by atoms with Crippen LogP contribution in [0.1, 0.15) is 58.3 Å². The largest absolute Gasteiger partial charge is 0.394 e. The van der Waals surface area contributed by atoms with Crippen molar-refractivity contribution in [3.63, 3.8) is 0 Å². The summed E-state index contributed by atoms with van der Waals surface area (Å²) in [4.78, 5) is 15.5. The minimum Gasteiger partial charge on any atom is -0.394 e. The van der Waals surface area contributed by atoms with Crippen LogP contribution >= 0.6 is 0 Å². The summed E-state index contributed by atoms with van der Waals surface area (Å²) >= 11 is 0. The third-order valence-electron chi connectivity index (χ3n) is 3.68. The maximum atomic E-state index is 12.1. The first-order valence-corrected chi connectivity index (χ1v) is 8.78. The molecule has 2 amide bonds. The van der Waals surface area contributed by atoms with Crippen LogP contribution in [0.3, 0.4) is 0 Å². The van der Waals surface area contributed by atoms with Gasteiger partial charge in [0, 0.05) is 27.2 Å². The highest BCUT2D eigenvalue weighted by atomic mass is 16.5. The molecule has 1 N–H and O–H groups in total. The minimum absolute atomic E-state index is 0.0274. The summed E-state index contributed by atoms with van der Waals surface area (Å²) in [6, 6.07) is 0.0375. The van der Waals surface area contributed by atoms with E-state index in [1.165, 1.54) is 44.9 Å². The molecule has 0 saturated heterocycles. The normalized spacial score (nSPS) is 10.7. The number of aliphatic hydroxyl groups is 1. The molecule has 0 saturated carbocycles. The van der Waals surface area contributed by atoms with E-state index in [1.807, 2.05) is 4.90 Å². The van der Waals surface area contributed by atoms with Gasteiger partial charge in [-0.3, -0.25) is 0 Å². The van der Waals surface area contributed by atoms with Crippen LogP contribution in [-0.4, -0.2) is 67.9 Å². The van der Waals surface area contributed by atoms with Gasteiger partial charge >= 0.3 is 6.03 Å². The van der Waals surface area contributed by atoms with Crippen LogP contribution in [0.5, 0.6) is 0 Å². The lowest BCUT2D eigenvalue weighted by Crippen LogP contribution is -2.41. The Hall–Kier alpha value is -0.810. The fraction of sp³-hybridized carbons (Fsp3) is 0.941. The van der Waals surface area contributed by atoms with Gasteiger partial charge in [0.1, 0.15) is 0 Å². The standard InChI is InChI=1S/C17H36N2O3/c1-4-5-6-7-8-9-10-11-12-19(17(21)18(2)3)13-15-22-16-14-20/h20H,4-16H2,1-3H3. The highest BCUT2D eigenvalue weighted by Crippen LogP contribution is 2.09. The van der Waals surface area contributed by atoms with Crippen LogP contribution in [0.25, 0.3) is 0 Å². The number of carbonyl (C=O) groups is 1. The molecule has 0 atom stereocenters. The Bertz CT molecular complexity index is 260. The van der Waals surface area contributed by atoms with Gasteiger partial charge in [-0.2, -0.15) is 0 Å². The molecule has 0 aromatic carbocycles. The van der Waals surface area contributed by atoms with E-state index < -0.39 is 0 Å². The van der Waals surface area contributed by atoms with Crippen LogP contribution in [0.2, 0.25) is 0 Å². The lowest BCUT2D eigenvalue weighted by atomic mass is 10.1. The first-order valence-electron chi connectivity index (χ1n) is 8.78.